The van der Waals surface area contributed by atoms with Gasteiger partial charge in [-0.3, -0.25) is 4.99 Å². The average molecular weight is 579 g/mol. The van der Waals surface area contributed by atoms with Crippen LogP contribution in [0.4, 0.5) is 5.69 Å². The van der Waals surface area contributed by atoms with Crippen molar-refractivity contribution in [3.8, 4) is 39.5 Å². The molecule has 220 valence electrons. The zero-order valence-electron chi connectivity index (χ0n) is 26.5. The van der Waals surface area contributed by atoms with Gasteiger partial charge in [0, 0.05) is 22.9 Å². The van der Waals surface area contributed by atoms with Crippen LogP contribution in [-0.4, -0.2) is 16.3 Å². The largest absolute Gasteiger partial charge is 0.507 e. The van der Waals surface area contributed by atoms with Crippen LogP contribution in [0.25, 0.3) is 44.8 Å². The summed E-state index contributed by atoms with van der Waals surface area (Å²) in [6, 6.07) is 31.0. The van der Waals surface area contributed by atoms with Gasteiger partial charge in [0.2, 0.25) is 5.89 Å². The highest BCUT2D eigenvalue weighted by atomic mass is 16.3. The Labute approximate surface area is 259 Å². The molecule has 0 atom stereocenters. The zero-order valence-corrected chi connectivity index (χ0v) is 26.5. The molecule has 0 bridgehead atoms. The number of benzene rings is 5. The van der Waals surface area contributed by atoms with Crippen molar-refractivity contribution in [1.82, 2.24) is 4.98 Å². The molecular formula is C40H38N2O2. The second-order valence-electron chi connectivity index (χ2n) is 12.9. The topological polar surface area (TPSA) is 58.6 Å². The third-order valence-corrected chi connectivity index (χ3v) is 7.98. The number of aromatic hydroxyl groups is 1. The smallest absolute Gasteiger partial charge is 0.229 e. The summed E-state index contributed by atoms with van der Waals surface area (Å²) in [7, 11) is 0. The van der Waals surface area contributed by atoms with E-state index in [0.717, 1.165) is 44.5 Å². The minimum absolute atomic E-state index is 0.0481. The molecule has 0 aliphatic rings. The molecule has 6 rings (SSSR count). The summed E-state index contributed by atoms with van der Waals surface area (Å²) in [6.45, 7) is 14.9. The molecular weight excluding hydrogens is 540 g/mol. The first-order valence-electron chi connectivity index (χ1n) is 15.0. The van der Waals surface area contributed by atoms with Gasteiger partial charge in [0.25, 0.3) is 0 Å². The lowest BCUT2D eigenvalue weighted by atomic mass is 9.86. The number of hydrogen-bond acceptors (Lipinski definition) is 4. The van der Waals surface area contributed by atoms with E-state index >= 15 is 0 Å². The molecule has 0 aliphatic carbocycles. The predicted octanol–water partition coefficient (Wildman–Crippen LogP) is 10.8. The van der Waals surface area contributed by atoms with Crippen molar-refractivity contribution in [3.05, 3.63) is 124 Å². The maximum Gasteiger partial charge on any atom is 0.229 e. The Hall–Kier alpha value is -4.96. The number of phenolic OH excluding ortho intramolecular Hbond substituents is 1. The summed E-state index contributed by atoms with van der Waals surface area (Å²) in [4.78, 5) is 9.97. The molecule has 0 radical (unpaired) electrons. The number of oxazole rings is 1. The fourth-order valence-corrected chi connectivity index (χ4v) is 5.87. The van der Waals surface area contributed by atoms with E-state index < -0.39 is 0 Å². The number of para-hydroxylation sites is 1. The van der Waals surface area contributed by atoms with Crippen molar-refractivity contribution in [3.63, 3.8) is 0 Å². The van der Waals surface area contributed by atoms with Gasteiger partial charge in [-0.2, -0.15) is 0 Å². The van der Waals surface area contributed by atoms with Gasteiger partial charge in [-0.25, -0.2) is 4.98 Å². The summed E-state index contributed by atoms with van der Waals surface area (Å²) < 4.78 is 6.69. The number of nitrogens with zero attached hydrogens (tertiary/aromatic N) is 2. The Morgan fingerprint density at radius 2 is 1.27 bits per heavy atom. The Kier molecular flexibility index (Phi) is 7.46. The molecule has 1 heterocycles. The van der Waals surface area contributed by atoms with E-state index in [2.05, 4.69) is 97.0 Å². The summed E-state index contributed by atoms with van der Waals surface area (Å²) in [5.41, 5.74) is 13.8. The molecule has 0 amide bonds. The van der Waals surface area contributed by atoms with Crippen molar-refractivity contribution < 1.29 is 9.52 Å². The first kappa shape index (κ1) is 29.1. The van der Waals surface area contributed by atoms with Crippen molar-refractivity contribution >= 4 is 23.0 Å². The van der Waals surface area contributed by atoms with Gasteiger partial charge in [0.1, 0.15) is 11.3 Å². The van der Waals surface area contributed by atoms with Crippen molar-refractivity contribution in [2.24, 2.45) is 4.99 Å². The molecule has 0 aliphatic heterocycles. The fraction of sp³-hybridized carbons (Fsp3) is 0.200. The van der Waals surface area contributed by atoms with E-state index in [1.54, 1.807) is 12.3 Å². The van der Waals surface area contributed by atoms with Crippen LogP contribution in [0, 0.1) is 27.7 Å². The minimum Gasteiger partial charge on any atom is -0.507 e. The molecule has 0 unspecified atom stereocenters. The highest BCUT2D eigenvalue weighted by Crippen LogP contribution is 2.41. The molecule has 5 aromatic carbocycles. The van der Waals surface area contributed by atoms with Crippen LogP contribution in [-0.2, 0) is 5.41 Å². The van der Waals surface area contributed by atoms with Crippen LogP contribution >= 0.6 is 0 Å². The standard InChI is InChI=1S/C40H38N2O2/c1-24-16-25(2)19-28(18-24)32-13-14-33(29-20-26(3)17-27(4)21-29)38-37(32)42-39(44-38)34-10-8-9-11-35(34)41-23-30-22-31(40(5,6)7)12-15-36(30)43/h8-23,43H,1-7H3. The molecule has 0 saturated carbocycles. The van der Waals surface area contributed by atoms with Crippen LogP contribution in [0.1, 0.15) is 54.2 Å². The molecule has 1 aromatic heterocycles. The number of hydrogen-bond donors (Lipinski definition) is 1. The minimum atomic E-state index is -0.0481. The number of aromatic nitrogens is 1. The Morgan fingerprint density at radius 3 is 1.91 bits per heavy atom. The van der Waals surface area contributed by atoms with Crippen molar-refractivity contribution in [2.45, 2.75) is 53.9 Å². The quantitative estimate of drug-likeness (QED) is 0.207. The maximum absolute atomic E-state index is 10.6. The van der Waals surface area contributed by atoms with E-state index in [-0.39, 0.29) is 11.2 Å². The van der Waals surface area contributed by atoms with E-state index in [9.17, 15) is 5.11 Å². The van der Waals surface area contributed by atoms with Crippen LogP contribution in [0.15, 0.2) is 100 Å². The molecule has 4 nitrogen and oxygen atoms in total. The first-order chi connectivity index (χ1) is 21.0. The maximum atomic E-state index is 10.6. The van der Waals surface area contributed by atoms with Gasteiger partial charge in [-0.1, -0.05) is 104 Å². The number of phenols is 1. The SMILES string of the molecule is Cc1cc(C)cc(-c2ccc(-c3cc(C)cc(C)c3)c3oc(-c4ccccc4N=Cc4cc(C(C)(C)C)ccc4O)nc23)c1. The number of rotatable bonds is 5. The van der Waals surface area contributed by atoms with Gasteiger partial charge in [-0.05, 0) is 80.1 Å². The lowest BCUT2D eigenvalue weighted by Gasteiger charge is -2.19. The van der Waals surface area contributed by atoms with Gasteiger partial charge < -0.3 is 9.52 Å². The predicted molar refractivity (Wildman–Crippen MR) is 183 cm³/mol. The van der Waals surface area contributed by atoms with Crippen molar-refractivity contribution in [2.75, 3.05) is 0 Å². The lowest BCUT2D eigenvalue weighted by molar-refractivity contribution is 0.473. The van der Waals surface area contributed by atoms with E-state index in [1.807, 2.05) is 36.4 Å². The zero-order chi connectivity index (χ0) is 31.2. The third-order valence-electron chi connectivity index (χ3n) is 7.98. The summed E-state index contributed by atoms with van der Waals surface area (Å²) in [6.07, 6.45) is 1.72. The molecule has 0 saturated heterocycles. The van der Waals surface area contributed by atoms with Crippen LogP contribution in [0.3, 0.4) is 0 Å². The highest BCUT2D eigenvalue weighted by molar-refractivity contribution is 6.01. The summed E-state index contributed by atoms with van der Waals surface area (Å²) >= 11 is 0. The van der Waals surface area contributed by atoms with Gasteiger partial charge in [0.15, 0.2) is 5.58 Å². The van der Waals surface area contributed by atoms with Gasteiger partial charge in [0.05, 0.1) is 11.3 Å². The normalized spacial score (nSPS) is 12.0. The lowest BCUT2D eigenvalue weighted by Crippen LogP contribution is -2.11. The van der Waals surface area contributed by atoms with Crippen LogP contribution < -0.4 is 0 Å². The molecule has 1 N–H and O–H groups in total. The second kappa shape index (κ2) is 11.3. The second-order valence-corrected chi connectivity index (χ2v) is 12.9. The van der Waals surface area contributed by atoms with Gasteiger partial charge >= 0.3 is 0 Å². The van der Waals surface area contributed by atoms with Crippen LogP contribution in [0.2, 0.25) is 0 Å². The average Bonchev–Trinajstić information content (AvgIpc) is 3.40. The Bertz CT molecular complexity index is 1930. The van der Waals surface area contributed by atoms with Gasteiger partial charge in [-0.15, -0.1) is 0 Å². The number of aryl methyl sites for hydroxylation is 4. The summed E-state index contributed by atoms with van der Waals surface area (Å²) in [5, 5.41) is 10.6. The number of fused-ring (bicyclic) bond motifs is 1. The Balaban J connectivity index is 1.53. The molecule has 0 spiro atoms. The summed E-state index contributed by atoms with van der Waals surface area (Å²) in [5.74, 6) is 0.695. The van der Waals surface area contributed by atoms with E-state index in [0.29, 0.717) is 17.1 Å². The van der Waals surface area contributed by atoms with E-state index in [4.69, 9.17) is 14.4 Å². The van der Waals surface area contributed by atoms with E-state index in [1.165, 1.54) is 22.3 Å². The monoisotopic (exact) mass is 578 g/mol. The molecule has 4 heteroatoms. The molecule has 0 fully saturated rings. The fourth-order valence-electron chi connectivity index (χ4n) is 5.87. The first-order valence-corrected chi connectivity index (χ1v) is 15.0. The highest BCUT2D eigenvalue weighted by Gasteiger charge is 2.20. The van der Waals surface area contributed by atoms with Crippen LogP contribution in [0.5, 0.6) is 5.75 Å². The third kappa shape index (κ3) is 5.80. The molecule has 44 heavy (non-hydrogen) atoms. The number of aliphatic imine (C=N–C) groups is 1. The Morgan fingerprint density at radius 1 is 0.682 bits per heavy atom. The molecule has 6 aromatic rings. The van der Waals surface area contributed by atoms with Crippen molar-refractivity contribution in [1.29, 1.82) is 0 Å².